The molecule has 1 aliphatic heterocycles. The van der Waals surface area contributed by atoms with E-state index in [2.05, 4.69) is 32.5 Å². The summed E-state index contributed by atoms with van der Waals surface area (Å²) in [5.41, 5.74) is 1.20. The van der Waals surface area contributed by atoms with E-state index in [-0.39, 0.29) is 12.9 Å². The van der Waals surface area contributed by atoms with Gasteiger partial charge >= 0.3 is 0 Å². The molecule has 0 aromatic rings. The molecule has 0 fully saturated rings. The Kier molecular flexibility index (Phi) is 2.31. The van der Waals surface area contributed by atoms with E-state index in [1.165, 1.54) is 5.57 Å². The van der Waals surface area contributed by atoms with Gasteiger partial charge in [-0.05, 0) is 6.08 Å². The van der Waals surface area contributed by atoms with Crippen LogP contribution in [-0.4, -0.2) is 24.9 Å². The SMILES string of the molecule is C=CC1=CCOC1(C)[P+](=C)C. The Balaban J connectivity index is 2.96. The van der Waals surface area contributed by atoms with Gasteiger partial charge in [0.15, 0.2) is 0 Å². The normalized spacial score (nSPS) is 31.5. The highest BCUT2D eigenvalue weighted by atomic mass is 31.1. The highest BCUT2D eigenvalue weighted by Crippen LogP contribution is 2.45. The molecule has 0 saturated heterocycles. The van der Waals surface area contributed by atoms with Crippen molar-refractivity contribution in [2.75, 3.05) is 13.3 Å². The minimum atomic E-state index is -0.341. The standard InChI is InChI=1S/C9H14OP/c1-5-8-6-7-10-9(8,2)11(3)4/h5-6H,1,3,7H2,2,4H3/q+1. The third-order valence-electron chi connectivity index (χ3n) is 2.15. The summed E-state index contributed by atoms with van der Waals surface area (Å²) in [4.78, 5) is 0. The summed E-state index contributed by atoms with van der Waals surface area (Å²) in [6.07, 6.45) is 7.99. The molecule has 2 unspecified atom stereocenters. The quantitative estimate of drug-likeness (QED) is 0.577. The summed E-state index contributed by atoms with van der Waals surface area (Å²) < 4.78 is 5.61. The van der Waals surface area contributed by atoms with Crippen molar-refractivity contribution in [2.45, 2.75) is 12.3 Å². The fourth-order valence-electron chi connectivity index (χ4n) is 1.17. The van der Waals surface area contributed by atoms with Gasteiger partial charge in [0, 0.05) is 12.5 Å². The van der Waals surface area contributed by atoms with Gasteiger partial charge in [-0.15, -0.1) is 0 Å². The van der Waals surface area contributed by atoms with Crippen LogP contribution in [-0.2, 0) is 4.74 Å². The Morgan fingerprint density at radius 3 is 2.82 bits per heavy atom. The van der Waals surface area contributed by atoms with Gasteiger partial charge in [0.2, 0.25) is 5.34 Å². The molecule has 0 saturated carbocycles. The van der Waals surface area contributed by atoms with Crippen molar-refractivity contribution in [3.05, 3.63) is 24.3 Å². The van der Waals surface area contributed by atoms with Gasteiger partial charge in [0.25, 0.3) is 0 Å². The van der Waals surface area contributed by atoms with Crippen LogP contribution in [0.3, 0.4) is 0 Å². The van der Waals surface area contributed by atoms with E-state index >= 15 is 0 Å². The number of ether oxygens (including phenoxy) is 1. The summed E-state index contributed by atoms with van der Waals surface area (Å²) in [5, 5.41) is -0.142. The van der Waals surface area contributed by atoms with Crippen molar-refractivity contribution in [3.63, 3.8) is 0 Å². The van der Waals surface area contributed by atoms with E-state index in [0.717, 1.165) is 0 Å². The van der Waals surface area contributed by atoms with Crippen molar-refractivity contribution in [3.8, 4) is 0 Å². The molecule has 0 radical (unpaired) electrons. The van der Waals surface area contributed by atoms with E-state index in [1.54, 1.807) is 0 Å². The molecule has 1 aliphatic rings. The zero-order valence-electron chi connectivity index (χ0n) is 7.13. The van der Waals surface area contributed by atoms with E-state index in [1.807, 2.05) is 6.08 Å². The van der Waals surface area contributed by atoms with Crippen LogP contribution >= 0.6 is 7.55 Å². The minimum absolute atomic E-state index is 0.142. The average Bonchev–Trinajstić information content (AvgIpc) is 2.32. The predicted octanol–water partition coefficient (Wildman–Crippen LogP) is 2.39. The fraction of sp³-hybridized carbons (Fsp3) is 0.444. The number of hydrogen-bond donors (Lipinski definition) is 0. The first kappa shape index (κ1) is 8.70. The van der Waals surface area contributed by atoms with Crippen LogP contribution < -0.4 is 0 Å². The molecule has 2 heteroatoms. The average molecular weight is 169 g/mol. The summed E-state index contributed by atoms with van der Waals surface area (Å²) in [6.45, 7) is 8.68. The molecule has 0 N–H and O–H groups in total. The Morgan fingerprint density at radius 1 is 1.82 bits per heavy atom. The van der Waals surface area contributed by atoms with Gasteiger partial charge in [-0.2, -0.15) is 0 Å². The van der Waals surface area contributed by atoms with E-state index in [0.29, 0.717) is 6.61 Å². The van der Waals surface area contributed by atoms with Crippen molar-refractivity contribution >= 4 is 13.8 Å². The van der Waals surface area contributed by atoms with Crippen LogP contribution in [0.15, 0.2) is 24.3 Å². The lowest BCUT2D eigenvalue weighted by atomic mass is 10.2. The maximum absolute atomic E-state index is 5.61. The van der Waals surface area contributed by atoms with Gasteiger partial charge < -0.3 is 4.74 Å². The molecule has 0 aliphatic carbocycles. The molecule has 60 valence electrons. The molecule has 1 rings (SSSR count). The van der Waals surface area contributed by atoms with Crippen LogP contribution in [0.5, 0.6) is 0 Å². The summed E-state index contributed by atoms with van der Waals surface area (Å²) in [7, 11) is -0.341. The molecule has 0 aromatic heterocycles. The largest absolute Gasteiger partial charge is 0.328 e. The molecule has 0 amide bonds. The first-order valence-electron chi connectivity index (χ1n) is 3.62. The van der Waals surface area contributed by atoms with Crippen LogP contribution in [0.4, 0.5) is 0 Å². The van der Waals surface area contributed by atoms with Gasteiger partial charge in [-0.25, -0.2) is 0 Å². The van der Waals surface area contributed by atoms with Crippen LogP contribution in [0.1, 0.15) is 6.92 Å². The third kappa shape index (κ3) is 1.31. The van der Waals surface area contributed by atoms with Gasteiger partial charge in [0.05, 0.1) is 19.6 Å². The lowest BCUT2D eigenvalue weighted by Gasteiger charge is -2.16. The molecule has 1 nitrogen and oxygen atoms in total. The smallest absolute Gasteiger partial charge is 0.247 e. The summed E-state index contributed by atoms with van der Waals surface area (Å²) in [6, 6.07) is 0. The van der Waals surface area contributed by atoms with Gasteiger partial charge in [-0.1, -0.05) is 12.7 Å². The number of hydrogen-bond acceptors (Lipinski definition) is 1. The zero-order chi connectivity index (χ0) is 8.48. The van der Waals surface area contributed by atoms with E-state index in [4.69, 9.17) is 4.74 Å². The molecule has 11 heavy (non-hydrogen) atoms. The zero-order valence-corrected chi connectivity index (χ0v) is 8.03. The topological polar surface area (TPSA) is 9.23 Å². The molecule has 0 spiro atoms. The maximum Gasteiger partial charge on any atom is 0.247 e. The van der Waals surface area contributed by atoms with Crippen LogP contribution in [0, 0.1) is 0 Å². The highest BCUT2D eigenvalue weighted by molar-refractivity contribution is 7.56. The van der Waals surface area contributed by atoms with Gasteiger partial charge in [0.1, 0.15) is 7.55 Å². The van der Waals surface area contributed by atoms with Crippen LogP contribution in [0.25, 0.3) is 0 Å². The fourth-order valence-corrected chi connectivity index (χ4v) is 2.09. The second-order valence-electron chi connectivity index (χ2n) is 2.86. The Labute approximate surface area is 69.1 Å². The van der Waals surface area contributed by atoms with E-state index < -0.39 is 0 Å². The van der Waals surface area contributed by atoms with Gasteiger partial charge in [-0.3, -0.25) is 0 Å². The molecule has 0 bridgehead atoms. The second kappa shape index (κ2) is 2.92. The summed E-state index contributed by atoms with van der Waals surface area (Å²) in [5.74, 6) is 0. The van der Waals surface area contributed by atoms with E-state index in [9.17, 15) is 0 Å². The second-order valence-corrected chi connectivity index (χ2v) is 5.10. The van der Waals surface area contributed by atoms with Crippen molar-refractivity contribution < 1.29 is 4.74 Å². The summed E-state index contributed by atoms with van der Waals surface area (Å²) >= 11 is 0. The van der Waals surface area contributed by atoms with Crippen LogP contribution in [0.2, 0.25) is 0 Å². The molecule has 2 atom stereocenters. The molecular formula is C9H14OP+. The van der Waals surface area contributed by atoms with Crippen molar-refractivity contribution in [1.29, 1.82) is 0 Å². The molecule has 1 heterocycles. The monoisotopic (exact) mass is 169 g/mol. The number of rotatable bonds is 2. The maximum atomic E-state index is 5.61. The highest BCUT2D eigenvalue weighted by Gasteiger charge is 2.41. The van der Waals surface area contributed by atoms with Crippen molar-refractivity contribution in [1.82, 2.24) is 0 Å². The molecular weight excluding hydrogens is 155 g/mol. The third-order valence-corrected chi connectivity index (χ3v) is 4.00. The predicted molar refractivity (Wildman–Crippen MR) is 52.6 cm³/mol. The Morgan fingerprint density at radius 2 is 2.45 bits per heavy atom. The lowest BCUT2D eigenvalue weighted by molar-refractivity contribution is 0.107. The van der Waals surface area contributed by atoms with Crippen molar-refractivity contribution in [2.24, 2.45) is 0 Å². The first-order chi connectivity index (χ1) is 5.11. The first-order valence-corrected chi connectivity index (χ1v) is 5.60. The lowest BCUT2D eigenvalue weighted by Crippen LogP contribution is -2.20. The molecule has 0 aromatic carbocycles. The Hall–Kier alpha value is -0.390. The minimum Gasteiger partial charge on any atom is -0.328 e. The Bertz CT molecular complexity index is 230.